The summed E-state index contributed by atoms with van der Waals surface area (Å²) in [5.41, 5.74) is 1.24. The Morgan fingerprint density at radius 1 is 1.25 bits per heavy atom. The number of amides is 1. The molecular weight excluding hydrogens is 324 g/mol. The maximum absolute atomic E-state index is 12.1. The Bertz CT molecular complexity index is 686. The van der Waals surface area contributed by atoms with E-state index in [0.717, 1.165) is 5.56 Å². The van der Waals surface area contributed by atoms with Crippen molar-refractivity contribution in [3.05, 3.63) is 68.2 Å². The van der Waals surface area contributed by atoms with E-state index in [9.17, 15) is 14.9 Å². The highest BCUT2D eigenvalue weighted by molar-refractivity contribution is 9.10. The van der Waals surface area contributed by atoms with Crippen molar-refractivity contribution in [2.75, 3.05) is 5.32 Å². The molecule has 1 N–H and O–H groups in total. The summed E-state index contributed by atoms with van der Waals surface area (Å²) < 4.78 is 0.632. The molecule has 5 nitrogen and oxygen atoms in total. The molecule has 0 unspecified atom stereocenters. The predicted octanol–water partition coefficient (Wildman–Crippen LogP) is 3.92. The Morgan fingerprint density at radius 3 is 2.60 bits per heavy atom. The van der Waals surface area contributed by atoms with E-state index in [-0.39, 0.29) is 11.4 Å². The van der Waals surface area contributed by atoms with E-state index in [1.165, 1.54) is 12.1 Å². The fourth-order valence-electron chi connectivity index (χ4n) is 1.73. The molecular formula is C14H11BrN2O3. The second-order valence-corrected chi connectivity index (χ2v) is 5.07. The molecule has 2 aromatic rings. The van der Waals surface area contributed by atoms with Gasteiger partial charge in [0.25, 0.3) is 11.6 Å². The molecule has 0 aromatic heterocycles. The number of carbonyl (C=O) groups is 1. The lowest BCUT2D eigenvalue weighted by atomic mass is 10.1. The van der Waals surface area contributed by atoms with Gasteiger partial charge in [0.05, 0.1) is 10.5 Å². The van der Waals surface area contributed by atoms with Crippen LogP contribution in [0, 0.1) is 17.0 Å². The zero-order valence-electron chi connectivity index (χ0n) is 10.6. The second-order valence-electron chi connectivity index (χ2n) is 4.21. The van der Waals surface area contributed by atoms with Crippen LogP contribution in [0.15, 0.2) is 46.9 Å². The molecule has 2 rings (SSSR count). The average Bonchev–Trinajstić information content (AvgIpc) is 2.41. The zero-order valence-corrected chi connectivity index (χ0v) is 12.2. The van der Waals surface area contributed by atoms with E-state index >= 15 is 0 Å². The summed E-state index contributed by atoms with van der Waals surface area (Å²) in [7, 11) is 0. The number of benzene rings is 2. The first-order valence-electron chi connectivity index (χ1n) is 5.80. The van der Waals surface area contributed by atoms with Crippen molar-refractivity contribution in [3.63, 3.8) is 0 Å². The number of halogens is 1. The van der Waals surface area contributed by atoms with Gasteiger partial charge in [-0.15, -0.1) is 0 Å². The summed E-state index contributed by atoms with van der Waals surface area (Å²) in [6.07, 6.45) is 0. The lowest BCUT2D eigenvalue weighted by Gasteiger charge is -2.08. The standard InChI is InChI=1S/C14H11BrN2O3/c1-9-6-7-12(13(8-9)17(19)20)16-14(18)10-4-2-3-5-11(10)15/h2-8H,1H3,(H,16,18). The maximum atomic E-state index is 12.1. The van der Waals surface area contributed by atoms with E-state index in [4.69, 9.17) is 0 Å². The normalized spacial score (nSPS) is 10.1. The summed E-state index contributed by atoms with van der Waals surface area (Å²) in [5.74, 6) is -0.399. The van der Waals surface area contributed by atoms with Gasteiger partial charge < -0.3 is 5.32 Å². The summed E-state index contributed by atoms with van der Waals surface area (Å²) in [6.45, 7) is 1.76. The van der Waals surface area contributed by atoms with E-state index in [2.05, 4.69) is 21.2 Å². The van der Waals surface area contributed by atoms with Crippen LogP contribution in [0.2, 0.25) is 0 Å². The number of anilines is 1. The molecule has 0 spiro atoms. The van der Waals surface area contributed by atoms with Crippen LogP contribution in [0.1, 0.15) is 15.9 Å². The lowest BCUT2D eigenvalue weighted by molar-refractivity contribution is -0.384. The number of carbonyl (C=O) groups excluding carboxylic acids is 1. The van der Waals surface area contributed by atoms with Crippen LogP contribution >= 0.6 is 15.9 Å². The zero-order chi connectivity index (χ0) is 14.7. The van der Waals surface area contributed by atoms with Crippen LogP contribution < -0.4 is 5.32 Å². The number of aryl methyl sites for hydroxylation is 1. The van der Waals surface area contributed by atoms with Crippen molar-refractivity contribution >= 4 is 33.2 Å². The molecule has 0 heterocycles. The smallest absolute Gasteiger partial charge is 0.293 e. The minimum Gasteiger partial charge on any atom is -0.316 e. The van der Waals surface area contributed by atoms with E-state index < -0.39 is 10.8 Å². The van der Waals surface area contributed by atoms with Crippen molar-refractivity contribution in [1.29, 1.82) is 0 Å². The molecule has 1 amide bonds. The SMILES string of the molecule is Cc1ccc(NC(=O)c2ccccc2Br)c([N+](=O)[O-])c1. The van der Waals surface area contributed by atoms with Gasteiger partial charge in [0.2, 0.25) is 0 Å². The summed E-state index contributed by atoms with van der Waals surface area (Å²) in [4.78, 5) is 22.6. The van der Waals surface area contributed by atoms with E-state index in [1.54, 1.807) is 37.3 Å². The van der Waals surface area contributed by atoms with Crippen LogP contribution in [0.4, 0.5) is 11.4 Å². The van der Waals surface area contributed by atoms with Gasteiger partial charge in [-0.2, -0.15) is 0 Å². The summed E-state index contributed by atoms with van der Waals surface area (Å²) >= 11 is 3.27. The predicted molar refractivity (Wildman–Crippen MR) is 79.9 cm³/mol. The average molecular weight is 335 g/mol. The van der Waals surface area contributed by atoms with E-state index in [0.29, 0.717) is 10.0 Å². The molecule has 0 aliphatic carbocycles. The Kier molecular flexibility index (Phi) is 4.14. The van der Waals surface area contributed by atoms with Gasteiger partial charge in [-0.3, -0.25) is 14.9 Å². The second kappa shape index (κ2) is 5.83. The highest BCUT2D eigenvalue weighted by Gasteiger charge is 2.17. The monoisotopic (exact) mass is 334 g/mol. The molecule has 0 bridgehead atoms. The van der Waals surface area contributed by atoms with Crippen LogP contribution in [-0.2, 0) is 0 Å². The fraction of sp³-hybridized carbons (Fsp3) is 0.0714. The van der Waals surface area contributed by atoms with Crippen LogP contribution in [0.25, 0.3) is 0 Å². The largest absolute Gasteiger partial charge is 0.316 e. The summed E-state index contributed by atoms with van der Waals surface area (Å²) in [5, 5.41) is 13.6. The maximum Gasteiger partial charge on any atom is 0.293 e. The minimum atomic E-state index is -0.511. The fourth-order valence-corrected chi connectivity index (χ4v) is 2.20. The van der Waals surface area contributed by atoms with Gasteiger partial charge in [0.1, 0.15) is 5.69 Å². The van der Waals surface area contributed by atoms with Gasteiger partial charge in [0.15, 0.2) is 0 Å². The van der Waals surface area contributed by atoms with Crippen molar-refractivity contribution in [1.82, 2.24) is 0 Å². The molecule has 2 aromatic carbocycles. The molecule has 0 aliphatic heterocycles. The number of hydrogen-bond donors (Lipinski definition) is 1. The Morgan fingerprint density at radius 2 is 1.95 bits per heavy atom. The quantitative estimate of drug-likeness (QED) is 0.683. The first-order chi connectivity index (χ1) is 9.49. The molecule has 6 heteroatoms. The first kappa shape index (κ1) is 14.2. The van der Waals surface area contributed by atoms with Crippen molar-refractivity contribution in [3.8, 4) is 0 Å². The van der Waals surface area contributed by atoms with Gasteiger partial charge in [-0.05, 0) is 46.6 Å². The minimum absolute atomic E-state index is 0.120. The van der Waals surface area contributed by atoms with Gasteiger partial charge in [-0.1, -0.05) is 18.2 Å². The first-order valence-corrected chi connectivity index (χ1v) is 6.59. The van der Waals surface area contributed by atoms with Gasteiger partial charge in [-0.25, -0.2) is 0 Å². The number of nitro groups is 1. The van der Waals surface area contributed by atoms with Crippen LogP contribution in [0.3, 0.4) is 0 Å². The third kappa shape index (κ3) is 3.03. The highest BCUT2D eigenvalue weighted by atomic mass is 79.9. The topological polar surface area (TPSA) is 72.2 Å². The number of hydrogen-bond acceptors (Lipinski definition) is 3. The molecule has 0 atom stereocenters. The lowest BCUT2D eigenvalue weighted by Crippen LogP contribution is -2.13. The van der Waals surface area contributed by atoms with Gasteiger partial charge >= 0.3 is 0 Å². The molecule has 102 valence electrons. The number of nitro benzene ring substituents is 1. The Balaban J connectivity index is 2.33. The Labute approximate surface area is 123 Å². The number of nitrogens with zero attached hydrogens (tertiary/aromatic N) is 1. The molecule has 0 aliphatic rings. The molecule has 0 radical (unpaired) electrons. The van der Waals surface area contributed by atoms with Gasteiger partial charge in [0, 0.05) is 10.5 Å². The summed E-state index contributed by atoms with van der Waals surface area (Å²) in [6, 6.07) is 11.6. The van der Waals surface area contributed by atoms with Crippen LogP contribution in [0.5, 0.6) is 0 Å². The third-order valence-corrected chi connectivity index (χ3v) is 3.41. The van der Waals surface area contributed by atoms with Crippen molar-refractivity contribution < 1.29 is 9.72 Å². The molecule has 0 saturated carbocycles. The number of rotatable bonds is 3. The molecule has 20 heavy (non-hydrogen) atoms. The Hall–Kier alpha value is -2.21. The van der Waals surface area contributed by atoms with E-state index in [1.807, 2.05) is 0 Å². The highest BCUT2D eigenvalue weighted by Crippen LogP contribution is 2.26. The van der Waals surface area contributed by atoms with Crippen molar-refractivity contribution in [2.45, 2.75) is 6.92 Å². The molecule has 0 saturated heterocycles. The number of nitrogens with one attached hydrogen (secondary N) is 1. The molecule has 0 fully saturated rings. The third-order valence-electron chi connectivity index (χ3n) is 2.72. The van der Waals surface area contributed by atoms with Crippen LogP contribution in [-0.4, -0.2) is 10.8 Å². The van der Waals surface area contributed by atoms with Crippen molar-refractivity contribution in [2.24, 2.45) is 0 Å².